The number of ether oxygens (including phenoxy) is 1. The molecule has 0 aliphatic carbocycles. The summed E-state index contributed by atoms with van der Waals surface area (Å²) in [6.07, 6.45) is 0.0241. The molecule has 0 bridgehead atoms. The second-order valence-electron chi connectivity index (χ2n) is 8.08. The fourth-order valence-corrected chi connectivity index (χ4v) is 2.97. The van der Waals surface area contributed by atoms with Gasteiger partial charge in [0.2, 0.25) is 11.8 Å². The standard InChI is InChI=1S/C21H31N3O4/c1-21(2,3)28-20(27)24-14-12-23(13-15-24)19(26)11-10-18(25)22(4)16-17-8-6-5-7-9-17/h5-9H,10-16H2,1-4H3. The average molecular weight is 389 g/mol. The van der Waals surface area contributed by atoms with Crippen LogP contribution in [0.4, 0.5) is 4.79 Å². The Balaban J connectivity index is 1.72. The van der Waals surface area contributed by atoms with Crippen LogP contribution in [0.1, 0.15) is 39.2 Å². The van der Waals surface area contributed by atoms with E-state index < -0.39 is 5.60 Å². The van der Waals surface area contributed by atoms with E-state index in [0.717, 1.165) is 5.56 Å². The first-order valence-electron chi connectivity index (χ1n) is 9.69. The largest absolute Gasteiger partial charge is 0.444 e. The van der Waals surface area contributed by atoms with Crippen molar-refractivity contribution in [3.05, 3.63) is 35.9 Å². The van der Waals surface area contributed by atoms with Crippen LogP contribution in [-0.4, -0.2) is 71.4 Å². The maximum absolute atomic E-state index is 12.4. The molecule has 0 atom stereocenters. The van der Waals surface area contributed by atoms with Gasteiger partial charge in [-0.2, -0.15) is 0 Å². The summed E-state index contributed by atoms with van der Waals surface area (Å²) < 4.78 is 5.36. The van der Waals surface area contributed by atoms with Gasteiger partial charge in [-0.25, -0.2) is 4.79 Å². The van der Waals surface area contributed by atoms with Gasteiger partial charge in [-0.05, 0) is 26.3 Å². The van der Waals surface area contributed by atoms with Crippen molar-refractivity contribution in [3.8, 4) is 0 Å². The van der Waals surface area contributed by atoms with Gasteiger partial charge in [-0.1, -0.05) is 30.3 Å². The first-order chi connectivity index (χ1) is 13.2. The first kappa shape index (κ1) is 21.7. The molecular weight excluding hydrogens is 358 g/mol. The van der Waals surface area contributed by atoms with E-state index >= 15 is 0 Å². The normalized spacial score (nSPS) is 14.6. The third kappa shape index (κ3) is 6.87. The van der Waals surface area contributed by atoms with Crippen LogP contribution in [0.3, 0.4) is 0 Å². The summed E-state index contributed by atoms with van der Waals surface area (Å²) in [5, 5.41) is 0. The molecule has 3 amide bonds. The Bertz CT molecular complexity index is 677. The second-order valence-corrected chi connectivity index (χ2v) is 8.08. The maximum atomic E-state index is 12.4. The fourth-order valence-electron chi connectivity index (χ4n) is 2.97. The van der Waals surface area contributed by atoms with E-state index in [-0.39, 0.29) is 30.7 Å². The number of hydrogen-bond donors (Lipinski definition) is 0. The lowest BCUT2D eigenvalue weighted by Gasteiger charge is -2.35. The highest BCUT2D eigenvalue weighted by Crippen LogP contribution is 2.13. The van der Waals surface area contributed by atoms with Gasteiger partial charge in [-0.15, -0.1) is 0 Å². The number of nitrogens with zero attached hydrogens (tertiary/aromatic N) is 3. The molecule has 1 aliphatic heterocycles. The number of hydrogen-bond acceptors (Lipinski definition) is 4. The molecule has 0 saturated carbocycles. The highest BCUT2D eigenvalue weighted by atomic mass is 16.6. The lowest BCUT2D eigenvalue weighted by atomic mass is 10.2. The van der Waals surface area contributed by atoms with Crippen molar-refractivity contribution >= 4 is 17.9 Å². The molecule has 7 heteroatoms. The van der Waals surface area contributed by atoms with Gasteiger partial charge in [0.1, 0.15) is 5.60 Å². The van der Waals surface area contributed by atoms with Gasteiger partial charge < -0.3 is 19.4 Å². The SMILES string of the molecule is CN(Cc1ccccc1)C(=O)CCC(=O)N1CCN(C(=O)OC(C)(C)C)CC1. The number of carbonyl (C=O) groups is 3. The third-order valence-electron chi connectivity index (χ3n) is 4.53. The summed E-state index contributed by atoms with van der Waals surface area (Å²) in [6, 6.07) is 9.76. The molecule has 1 fully saturated rings. The van der Waals surface area contributed by atoms with Crippen LogP contribution >= 0.6 is 0 Å². The highest BCUT2D eigenvalue weighted by molar-refractivity contribution is 5.84. The summed E-state index contributed by atoms with van der Waals surface area (Å²) in [4.78, 5) is 41.8. The predicted octanol–water partition coefficient (Wildman–Crippen LogP) is 2.50. The van der Waals surface area contributed by atoms with Crippen molar-refractivity contribution in [2.45, 2.75) is 45.8 Å². The zero-order valence-corrected chi connectivity index (χ0v) is 17.3. The molecule has 1 aromatic carbocycles. The number of amides is 3. The van der Waals surface area contributed by atoms with Crippen LogP contribution < -0.4 is 0 Å². The fraction of sp³-hybridized carbons (Fsp3) is 0.571. The molecule has 154 valence electrons. The average Bonchev–Trinajstić information content (AvgIpc) is 2.65. The van der Waals surface area contributed by atoms with Crippen LogP contribution in [-0.2, 0) is 20.9 Å². The minimum absolute atomic E-state index is 0.0506. The Morgan fingerprint density at radius 1 is 0.964 bits per heavy atom. The topological polar surface area (TPSA) is 70.2 Å². The molecule has 1 aliphatic rings. The van der Waals surface area contributed by atoms with Gasteiger partial charge in [0.25, 0.3) is 0 Å². The summed E-state index contributed by atoms with van der Waals surface area (Å²) >= 11 is 0. The van der Waals surface area contributed by atoms with E-state index in [2.05, 4.69) is 0 Å². The van der Waals surface area contributed by atoms with Crippen molar-refractivity contribution < 1.29 is 19.1 Å². The van der Waals surface area contributed by atoms with Crippen molar-refractivity contribution in [2.24, 2.45) is 0 Å². The van der Waals surface area contributed by atoms with Gasteiger partial charge in [0.05, 0.1) is 0 Å². The summed E-state index contributed by atoms with van der Waals surface area (Å²) in [7, 11) is 1.75. The molecule has 0 aromatic heterocycles. The molecule has 1 heterocycles. The van der Waals surface area contributed by atoms with E-state index in [4.69, 9.17) is 4.74 Å². The van der Waals surface area contributed by atoms with E-state index in [1.165, 1.54) is 0 Å². The zero-order valence-electron chi connectivity index (χ0n) is 17.3. The van der Waals surface area contributed by atoms with E-state index in [0.29, 0.717) is 32.7 Å². The molecule has 1 aromatic rings. The molecule has 0 N–H and O–H groups in total. The number of carbonyl (C=O) groups excluding carboxylic acids is 3. The van der Waals surface area contributed by atoms with Gasteiger partial charge in [-0.3, -0.25) is 9.59 Å². The number of rotatable bonds is 5. The third-order valence-corrected chi connectivity index (χ3v) is 4.53. The van der Waals surface area contributed by atoms with Crippen LogP contribution in [0.2, 0.25) is 0 Å². The summed E-state index contributed by atoms with van der Waals surface area (Å²) in [5.74, 6) is -0.102. The van der Waals surface area contributed by atoms with E-state index in [9.17, 15) is 14.4 Å². The van der Waals surface area contributed by atoms with Gasteiger partial charge >= 0.3 is 6.09 Å². The summed E-state index contributed by atoms with van der Waals surface area (Å²) in [6.45, 7) is 7.84. The van der Waals surface area contributed by atoms with Gasteiger partial charge in [0, 0.05) is 52.6 Å². The smallest absolute Gasteiger partial charge is 0.410 e. The Labute approximate surface area is 167 Å². The predicted molar refractivity (Wildman–Crippen MR) is 107 cm³/mol. The Hall–Kier alpha value is -2.57. The van der Waals surface area contributed by atoms with Crippen molar-refractivity contribution in [1.82, 2.24) is 14.7 Å². The lowest BCUT2D eigenvalue weighted by Crippen LogP contribution is -2.51. The minimum atomic E-state index is -0.532. The second kappa shape index (κ2) is 9.57. The minimum Gasteiger partial charge on any atom is -0.444 e. The lowest BCUT2D eigenvalue weighted by molar-refractivity contribution is -0.137. The molecular formula is C21H31N3O4. The molecule has 0 unspecified atom stereocenters. The molecule has 7 nitrogen and oxygen atoms in total. The van der Waals surface area contributed by atoms with Crippen LogP contribution in [0.5, 0.6) is 0 Å². The number of piperazine rings is 1. The Morgan fingerprint density at radius 3 is 2.11 bits per heavy atom. The first-order valence-corrected chi connectivity index (χ1v) is 9.69. The van der Waals surface area contributed by atoms with Crippen LogP contribution in [0, 0.1) is 0 Å². The molecule has 0 radical (unpaired) electrons. The Morgan fingerprint density at radius 2 is 1.54 bits per heavy atom. The highest BCUT2D eigenvalue weighted by Gasteiger charge is 2.27. The van der Waals surface area contributed by atoms with Crippen LogP contribution in [0.25, 0.3) is 0 Å². The maximum Gasteiger partial charge on any atom is 0.410 e. The molecule has 2 rings (SSSR count). The van der Waals surface area contributed by atoms with Crippen molar-refractivity contribution in [3.63, 3.8) is 0 Å². The van der Waals surface area contributed by atoms with Crippen molar-refractivity contribution in [2.75, 3.05) is 33.2 Å². The quantitative estimate of drug-likeness (QED) is 0.776. The zero-order chi connectivity index (χ0) is 20.7. The van der Waals surface area contributed by atoms with E-state index in [1.54, 1.807) is 21.7 Å². The van der Waals surface area contributed by atoms with Crippen LogP contribution in [0.15, 0.2) is 30.3 Å². The molecule has 1 saturated heterocycles. The molecule has 28 heavy (non-hydrogen) atoms. The summed E-state index contributed by atoms with van der Waals surface area (Å²) in [5.41, 5.74) is 0.527. The van der Waals surface area contributed by atoms with E-state index in [1.807, 2.05) is 51.1 Å². The van der Waals surface area contributed by atoms with Gasteiger partial charge in [0.15, 0.2) is 0 Å². The number of benzene rings is 1. The van der Waals surface area contributed by atoms with Crippen molar-refractivity contribution in [1.29, 1.82) is 0 Å². The Kier molecular flexibility index (Phi) is 7.43. The monoisotopic (exact) mass is 389 g/mol. The molecule has 0 spiro atoms.